The molecular weight excluding hydrogens is 388 g/mol. The van der Waals surface area contributed by atoms with Crippen LogP contribution in [0.1, 0.15) is 11.1 Å². The first-order valence-corrected chi connectivity index (χ1v) is 9.11. The van der Waals surface area contributed by atoms with Crippen molar-refractivity contribution in [1.82, 2.24) is 0 Å². The molecule has 0 saturated heterocycles. The van der Waals surface area contributed by atoms with Gasteiger partial charge in [-0.3, -0.25) is 4.79 Å². The summed E-state index contributed by atoms with van der Waals surface area (Å²) in [6.45, 7) is 0.441. The SMILES string of the molecule is N#C/C(=C\c1cc(Cl)ccc1O)C(=O)Nc1ccc(OCc2ccccc2)cc1. The number of benzene rings is 3. The molecule has 1 amide bonds. The maximum absolute atomic E-state index is 12.4. The minimum atomic E-state index is -0.593. The summed E-state index contributed by atoms with van der Waals surface area (Å²) in [5.74, 6) is -0.00792. The third kappa shape index (κ3) is 5.61. The second kappa shape index (κ2) is 9.45. The van der Waals surface area contributed by atoms with Crippen molar-refractivity contribution in [3.8, 4) is 17.6 Å². The highest BCUT2D eigenvalue weighted by Gasteiger charge is 2.11. The number of nitriles is 1. The van der Waals surface area contributed by atoms with Crippen LogP contribution in [0.15, 0.2) is 78.4 Å². The molecule has 0 spiro atoms. The lowest BCUT2D eigenvalue weighted by Crippen LogP contribution is -2.13. The first kappa shape index (κ1) is 20.0. The molecule has 0 fully saturated rings. The molecule has 0 saturated carbocycles. The highest BCUT2D eigenvalue weighted by molar-refractivity contribution is 6.30. The zero-order valence-corrected chi connectivity index (χ0v) is 16.1. The van der Waals surface area contributed by atoms with Crippen LogP contribution in [0.25, 0.3) is 6.08 Å². The predicted octanol–water partition coefficient (Wildman–Crippen LogP) is 5.17. The fraction of sp³-hybridized carbons (Fsp3) is 0.0435. The smallest absolute Gasteiger partial charge is 0.266 e. The fourth-order valence-corrected chi connectivity index (χ4v) is 2.70. The van der Waals surface area contributed by atoms with Crippen molar-refractivity contribution in [2.45, 2.75) is 6.61 Å². The molecular formula is C23H17ClN2O3. The minimum absolute atomic E-state index is 0.0742. The first-order valence-electron chi connectivity index (χ1n) is 8.73. The molecule has 0 aromatic heterocycles. The van der Waals surface area contributed by atoms with Gasteiger partial charge in [0.1, 0.15) is 29.7 Å². The van der Waals surface area contributed by atoms with Gasteiger partial charge < -0.3 is 15.2 Å². The van der Waals surface area contributed by atoms with E-state index in [4.69, 9.17) is 16.3 Å². The van der Waals surface area contributed by atoms with Gasteiger partial charge in [0.2, 0.25) is 0 Å². The number of ether oxygens (including phenoxy) is 1. The van der Waals surface area contributed by atoms with Crippen LogP contribution < -0.4 is 10.1 Å². The highest BCUT2D eigenvalue weighted by atomic mass is 35.5. The Morgan fingerprint density at radius 1 is 1.10 bits per heavy atom. The first-order chi connectivity index (χ1) is 14.0. The normalized spacial score (nSPS) is 10.8. The molecule has 3 aromatic rings. The summed E-state index contributed by atoms with van der Waals surface area (Å²) in [5.41, 5.74) is 1.69. The lowest BCUT2D eigenvalue weighted by molar-refractivity contribution is -0.112. The average Bonchev–Trinajstić information content (AvgIpc) is 2.74. The molecule has 5 nitrogen and oxygen atoms in total. The Hall–Kier alpha value is -3.75. The molecule has 0 aliphatic carbocycles. The van der Waals surface area contributed by atoms with Gasteiger partial charge in [0, 0.05) is 16.3 Å². The lowest BCUT2D eigenvalue weighted by Gasteiger charge is -2.08. The number of rotatable bonds is 6. The summed E-state index contributed by atoms with van der Waals surface area (Å²) in [6, 6.07) is 22.8. The van der Waals surface area contributed by atoms with E-state index in [0.717, 1.165) is 5.56 Å². The Morgan fingerprint density at radius 2 is 1.83 bits per heavy atom. The van der Waals surface area contributed by atoms with Gasteiger partial charge in [0.25, 0.3) is 5.91 Å². The summed E-state index contributed by atoms with van der Waals surface area (Å²) in [6.07, 6.45) is 1.29. The van der Waals surface area contributed by atoms with Crippen LogP contribution in [0.5, 0.6) is 11.5 Å². The van der Waals surface area contributed by atoms with Crippen molar-refractivity contribution in [3.05, 3.63) is 94.5 Å². The molecule has 0 heterocycles. The largest absolute Gasteiger partial charge is 0.507 e. The summed E-state index contributed by atoms with van der Waals surface area (Å²) in [4.78, 5) is 12.4. The Kier molecular flexibility index (Phi) is 6.51. The quantitative estimate of drug-likeness (QED) is 0.438. The van der Waals surface area contributed by atoms with Crippen LogP contribution in [0.4, 0.5) is 5.69 Å². The van der Waals surface area contributed by atoms with E-state index >= 15 is 0 Å². The van der Waals surface area contributed by atoms with Crippen LogP contribution >= 0.6 is 11.6 Å². The van der Waals surface area contributed by atoms with E-state index in [0.29, 0.717) is 23.1 Å². The van der Waals surface area contributed by atoms with Crippen molar-refractivity contribution in [2.75, 3.05) is 5.32 Å². The van der Waals surface area contributed by atoms with Crippen molar-refractivity contribution < 1.29 is 14.6 Å². The molecule has 0 radical (unpaired) electrons. The summed E-state index contributed by atoms with van der Waals surface area (Å²) in [5, 5.41) is 22.2. The molecule has 2 N–H and O–H groups in total. The molecule has 3 rings (SSSR count). The van der Waals surface area contributed by atoms with Gasteiger partial charge >= 0.3 is 0 Å². The van der Waals surface area contributed by atoms with Crippen LogP contribution in [-0.4, -0.2) is 11.0 Å². The van der Waals surface area contributed by atoms with E-state index in [2.05, 4.69) is 5.32 Å². The van der Waals surface area contributed by atoms with Crippen molar-refractivity contribution in [1.29, 1.82) is 5.26 Å². The van der Waals surface area contributed by atoms with Gasteiger partial charge in [0.15, 0.2) is 0 Å². The molecule has 29 heavy (non-hydrogen) atoms. The number of aromatic hydroxyl groups is 1. The third-order valence-electron chi connectivity index (χ3n) is 4.02. The number of nitrogens with zero attached hydrogens (tertiary/aromatic N) is 1. The number of phenols is 1. The maximum Gasteiger partial charge on any atom is 0.266 e. The lowest BCUT2D eigenvalue weighted by atomic mass is 10.1. The van der Waals surface area contributed by atoms with Gasteiger partial charge in [0.05, 0.1) is 0 Å². The number of hydrogen-bond acceptors (Lipinski definition) is 4. The number of amides is 1. The second-order valence-corrected chi connectivity index (χ2v) is 6.56. The fourth-order valence-electron chi connectivity index (χ4n) is 2.52. The number of phenolic OH excluding ortho intramolecular Hbond substituents is 1. The Labute approximate surface area is 173 Å². The van der Waals surface area contributed by atoms with E-state index < -0.39 is 5.91 Å². The number of carbonyl (C=O) groups is 1. The van der Waals surface area contributed by atoms with Crippen LogP contribution in [0.3, 0.4) is 0 Å². The van der Waals surface area contributed by atoms with Crippen LogP contribution in [-0.2, 0) is 11.4 Å². The van der Waals surface area contributed by atoms with E-state index in [1.807, 2.05) is 36.4 Å². The van der Waals surface area contributed by atoms with Crippen molar-refractivity contribution in [2.24, 2.45) is 0 Å². The summed E-state index contributed by atoms with van der Waals surface area (Å²) in [7, 11) is 0. The second-order valence-electron chi connectivity index (χ2n) is 6.13. The molecule has 6 heteroatoms. The maximum atomic E-state index is 12.4. The van der Waals surface area contributed by atoms with E-state index in [9.17, 15) is 15.2 Å². The monoisotopic (exact) mass is 404 g/mol. The molecule has 0 bridgehead atoms. The number of halogens is 1. The third-order valence-corrected chi connectivity index (χ3v) is 4.25. The molecule has 0 aliphatic heterocycles. The van der Waals surface area contributed by atoms with Gasteiger partial charge in [-0.2, -0.15) is 5.26 Å². The number of hydrogen-bond donors (Lipinski definition) is 2. The predicted molar refractivity (Wildman–Crippen MR) is 113 cm³/mol. The molecule has 3 aromatic carbocycles. The number of nitrogens with one attached hydrogen (secondary N) is 1. The molecule has 144 valence electrons. The van der Waals surface area contributed by atoms with Crippen LogP contribution in [0, 0.1) is 11.3 Å². The number of anilines is 1. The van der Waals surface area contributed by atoms with Crippen LogP contribution in [0.2, 0.25) is 5.02 Å². The Bertz CT molecular complexity index is 1070. The van der Waals surface area contributed by atoms with Crippen molar-refractivity contribution >= 4 is 29.3 Å². The van der Waals surface area contributed by atoms with E-state index in [1.54, 1.807) is 24.3 Å². The Balaban J connectivity index is 1.65. The molecule has 0 aliphatic rings. The van der Waals surface area contributed by atoms with Gasteiger partial charge in [-0.25, -0.2) is 0 Å². The van der Waals surface area contributed by atoms with Gasteiger partial charge in [-0.1, -0.05) is 41.9 Å². The van der Waals surface area contributed by atoms with E-state index in [-0.39, 0.29) is 16.9 Å². The summed E-state index contributed by atoms with van der Waals surface area (Å²) < 4.78 is 5.71. The minimum Gasteiger partial charge on any atom is -0.507 e. The zero-order valence-electron chi connectivity index (χ0n) is 15.3. The van der Waals surface area contributed by atoms with Crippen molar-refractivity contribution in [3.63, 3.8) is 0 Å². The highest BCUT2D eigenvalue weighted by Crippen LogP contribution is 2.24. The Morgan fingerprint density at radius 3 is 2.52 bits per heavy atom. The standard InChI is InChI=1S/C23H17ClN2O3/c24-19-6-11-22(27)17(13-19)12-18(14-25)23(28)26-20-7-9-21(10-8-20)29-15-16-4-2-1-3-5-16/h1-13,27H,15H2,(H,26,28)/b18-12+. The molecule has 0 atom stereocenters. The van der Waals surface area contributed by atoms with Gasteiger partial charge in [-0.05, 0) is 54.1 Å². The van der Waals surface area contributed by atoms with E-state index in [1.165, 1.54) is 24.3 Å². The van der Waals surface area contributed by atoms with Gasteiger partial charge in [-0.15, -0.1) is 0 Å². The topological polar surface area (TPSA) is 82.3 Å². The summed E-state index contributed by atoms with van der Waals surface area (Å²) >= 11 is 5.90. The molecule has 0 unspecified atom stereocenters. The zero-order chi connectivity index (χ0) is 20.6. The average molecular weight is 405 g/mol. The number of carbonyl (C=O) groups excluding carboxylic acids is 1.